The third-order valence-electron chi connectivity index (χ3n) is 4.20. The molecule has 1 saturated carbocycles. The summed E-state index contributed by atoms with van der Waals surface area (Å²) in [5, 5.41) is 12.9. The highest BCUT2D eigenvalue weighted by atomic mass is 16.3. The van der Waals surface area contributed by atoms with Gasteiger partial charge < -0.3 is 15.3 Å². The van der Waals surface area contributed by atoms with Crippen LogP contribution in [-0.2, 0) is 6.54 Å². The SMILES string of the molecule is CC(C)NCc1cccnc1N(CCO)C1CCCCC1. The molecule has 1 aliphatic carbocycles. The van der Waals surface area contributed by atoms with Crippen molar-refractivity contribution in [2.75, 3.05) is 18.1 Å². The lowest BCUT2D eigenvalue weighted by Gasteiger charge is -2.36. The van der Waals surface area contributed by atoms with Gasteiger partial charge >= 0.3 is 0 Å². The molecule has 0 radical (unpaired) electrons. The first-order valence-electron chi connectivity index (χ1n) is 8.27. The molecule has 0 bridgehead atoms. The van der Waals surface area contributed by atoms with Crippen LogP contribution >= 0.6 is 0 Å². The van der Waals surface area contributed by atoms with Crippen LogP contribution in [0.15, 0.2) is 18.3 Å². The number of anilines is 1. The van der Waals surface area contributed by atoms with Gasteiger partial charge in [-0.1, -0.05) is 39.2 Å². The predicted molar refractivity (Wildman–Crippen MR) is 87.5 cm³/mol. The van der Waals surface area contributed by atoms with Gasteiger partial charge in [-0.3, -0.25) is 0 Å². The van der Waals surface area contributed by atoms with Crippen LogP contribution in [0.4, 0.5) is 5.82 Å². The van der Waals surface area contributed by atoms with E-state index < -0.39 is 0 Å². The van der Waals surface area contributed by atoms with E-state index >= 15 is 0 Å². The number of aliphatic hydroxyl groups excluding tert-OH is 1. The number of pyridine rings is 1. The Bertz CT molecular complexity index is 416. The van der Waals surface area contributed by atoms with E-state index in [0.717, 1.165) is 12.4 Å². The molecule has 0 spiro atoms. The van der Waals surface area contributed by atoms with Crippen LogP contribution in [0, 0.1) is 0 Å². The molecule has 1 aromatic heterocycles. The molecule has 0 amide bonds. The van der Waals surface area contributed by atoms with Crippen molar-refractivity contribution in [1.82, 2.24) is 10.3 Å². The van der Waals surface area contributed by atoms with E-state index in [1.54, 1.807) is 0 Å². The number of nitrogens with one attached hydrogen (secondary N) is 1. The number of hydrogen-bond acceptors (Lipinski definition) is 4. The lowest BCUT2D eigenvalue weighted by atomic mass is 9.94. The van der Waals surface area contributed by atoms with Crippen molar-refractivity contribution in [2.24, 2.45) is 0 Å². The zero-order valence-electron chi connectivity index (χ0n) is 13.4. The summed E-state index contributed by atoms with van der Waals surface area (Å²) in [7, 11) is 0. The topological polar surface area (TPSA) is 48.4 Å². The third-order valence-corrected chi connectivity index (χ3v) is 4.20. The Hall–Kier alpha value is -1.13. The fourth-order valence-corrected chi connectivity index (χ4v) is 3.10. The highest BCUT2D eigenvalue weighted by Gasteiger charge is 2.23. The van der Waals surface area contributed by atoms with Crippen LogP contribution in [0.5, 0.6) is 0 Å². The molecule has 4 nitrogen and oxygen atoms in total. The minimum atomic E-state index is 0.185. The van der Waals surface area contributed by atoms with Gasteiger partial charge in [-0.25, -0.2) is 4.98 Å². The Morgan fingerprint density at radius 1 is 1.33 bits per heavy atom. The summed E-state index contributed by atoms with van der Waals surface area (Å²) in [6, 6.07) is 5.13. The first-order chi connectivity index (χ1) is 10.2. The van der Waals surface area contributed by atoms with Gasteiger partial charge in [0.05, 0.1) is 6.61 Å². The van der Waals surface area contributed by atoms with E-state index in [1.165, 1.54) is 37.7 Å². The number of aromatic nitrogens is 1. The first-order valence-corrected chi connectivity index (χ1v) is 8.27. The van der Waals surface area contributed by atoms with Crippen LogP contribution in [0.2, 0.25) is 0 Å². The van der Waals surface area contributed by atoms with E-state index in [1.807, 2.05) is 12.3 Å². The third kappa shape index (κ3) is 4.68. The van der Waals surface area contributed by atoms with Crippen molar-refractivity contribution < 1.29 is 5.11 Å². The minimum Gasteiger partial charge on any atom is -0.395 e. The molecular weight excluding hydrogens is 262 g/mol. The number of rotatable bonds is 7. The maximum atomic E-state index is 9.45. The Morgan fingerprint density at radius 3 is 2.76 bits per heavy atom. The van der Waals surface area contributed by atoms with Gasteiger partial charge in [0.1, 0.15) is 5.82 Å². The molecule has 2 rings (SSSR count). The lowest BCUT2D eigenvalue weighted by Crippen LogP contribution is -2.40. The largest absolute Gasteiger partial charge is 0.395 e. The van der Waals surface area contributed by atoms with Crippen molar-refractivity contribution in [3.05, 3.63) is 23.9 Å². The average molecular weight is 291 g/mol. The first kappa shape index (κ1) is 16.2. The summed E-state index contributed by atoms with van der Waals surface area (Å²) >= 11 is 0. The normalized spacial score (nSPS) is 16.4. The standard InChI is InChI=1S/C17H29N3O/c1-14(2)19-13-15-7-6-10-18-17(15)20(11-12-21)16-8-4-3-5-9-16/h6-7,10,14,16,19,21H,3-5,8-9,11-13H2,1-2H3. The summed E-state index contributed by atoms with van der Waals surface area (Å²) in [5.41, 5.74) is 1.23. The molecule has 0 aliphatic heterocycles. The fourth-order valence-electron chi connectivity index (χ4n) is 3.10. The summed E-state index contributed by atoms with van der Waals surface area (Å²) < 4.78 is 0. The zero-order chi connectivity index (χ0) is 15.1. The van der Waals surface area contributed by atoms with Gasteiger partial charge in [0.2, 0.25) is 0 Å². The van der Waals surface area contributed by atoms with Crippen LogP contribution in [0.25, 0.3) is 0 Å². The van der Waals surface area contributed by atoms with Crippen LogP contribution in [-0.4, -0.2) is 35.3 Å². The van der Waals surface area contributed by atoms with Gasteiger partial charge in [0.25, 0.3) is 0 Å². The Kier molecular flexibility index (Phi) is 6.46. The summed E-state index contributed by atoms with van der Waals surface area (Å²) in [4.78, 5) is 6.96. The summed E-state index contributed by atoms with van der Waals surface area (Å²) in [5.74, 6) is 1.05. The Morgan fingerprint density at radius 2 is 2.10 bits per heavy atom. The highest BCUT2D eigenvalue weighted by Crippen LogP contribution is 2.28. The second-order valence-electron chi connectivity index (χ2n) is 6.23. The molecule has 0 saturated heterocycles. The fraction of sp³-hybridized carbons (Fsp3) is 0.706. The second kappa shape index (κ2) is 8.35. The van der Waals surface area contributed by atoms with Crippen molar-refractivity contribution >= 4 is 5.82 Å². The molecular formula is C17H29N3O. The second-order valence-corrected chi connectivity index (χ2v) is 6.23. The summed E-state index contributed by atoms with van der Waals surface area (Å²) in [6.45, 7) is 6.00. The van der Waals surface area contributed by atoms with E-state index in [0.29, 0.717) is 18.6 Å². The molecule has 1 heterocycles. The Balaban J connectivity index is 2.17. The molecule has 118 valence electrons. The average Bonchev–Trinajstić information content (AvgIpc) is 2.52. The molecule has 21 heavy (non-hydrogen) atoms. The van der Waals surface area contributed by atoms with E-state index in [2.05, 4.69) is 35.1 Å². The van der Waals surface area contributed by atoms with Crippen LogP contribution in [0.3, 0.4) is 0 Å². The van der Waals surface area contributed by atoms with Crippen LogP contribution < -0.4 is 10.2 Å². The highest BCUT2D eigenvalue weighted by molar-refractivity contribution is 5.48. The molecule has 0 atom stereocenters. The quantitative estimate of drug-likeness (QED) is 0.811. The van der Waals surface area contributed by atoms with Crippen molar-refractivity contribution in [3.63, 3.8) is 0 Å². The number of aliphatic hydroxyl groups is 1. The van der Waals surface area contributed by atoms with Crippen molar-refractivity contribution in [3.8, 4) is 0 Å². The van der Waals surface area contributed by atoms with Gasteiger partial charge in [-0.2, -0.15) is 0 Å². The predicted octanol–water partition coefficient (Wildman–Crippen LogP) is 2.71. The molecule has 1 fully saturated rings. The maximum Gasteiger partial charge on any atom is 0.133 e. The monoisotopic (exact) mass is 291 g/mol. The number of hydrogen-bond donors (Lipinski definition) is 2. The molecule has 0 unspecified atom stereocenters. The molecule has 1 aliphatic rings. The lowest BCUT2D eigenvalue weighted by molar-refractivity contribution is 0.289. The van der Waals surface area contributed by atoms with Gasteiger partial charge in [0.15, 0.2) is 0 Å². The van der Waals surface area contributed by atoms with E-state index in [-0.39, 0.29) is 6.61 Å². The van der Waals surface area contributed by atoms with Crippen LogP contribution in [0.1, 0.15) is 51.5 Å². The van der Waals surface area contributed by atoms with E-state index in [9.17, 15) is 5.11 Å². The molecule has 2 N–H and O–H groups in total. The van der Waals surface area contributed by atoms with Crippen molar-refractivity contribution in [2.45, 2.75) is 64.6 Å². The molecule has 0 aromatic carbocycles. The summed E-state index contributed by atoms with van der Waals surface area (Å²) in [6.07, 6.45) is 8.22. The van der Waals surface area contributed by atoms with Gasteiger partial charge in [-0.15, -0.1) is 0 Å². The maximum absolute atomic E-state index is 9.45. The molecule has 4 heteroatoms. The zero-order valence-corrected chi connectivity index (χ0v) is 13.4. The smallest absolute Gasteiger partial charge is 0.133 e. The number of nitrogens with zero attached hydrogens (tertiary/aromatic N) is 2. The van der Waals surface area contributed by atoms with Gasteiger partial charge in [0, 0.05) is 36.9 Å². The van der Waals surface area contributed by atoms with Gasteiger partial charge in [-0.05, 0) is 18.9 Å². The molecule has 1 aromatic rings. The minimum absolute atomic E-state index is 0.185. The van der Waals surface area contributed by atoms with Crippen molar-refractivity contribution in [1.29, 1.82) is 0 Å². The Labute approximate surface area is 128 Å². The van der Waals surface area contributed by atoms with E-state index in [4.69, 9.17) is 0 Å².